The lowest BCUT2D eigenvalue weighted by atomic mass is 10.1. The minimum atomic E-state index is -0.719. The van der Waals surface area contributed by atoms with Gasteiger partial charge in [-0.1, -0.05) is 23.7 Å². The van der Waals surface area contributed by atoms with Gasteiger partial charge in [0.15, 0.2) is 0 Å². The van der Waals surface area contributed by atoms with Gasteiger partial charge in [0, 0.05) is 11.1 Å². The third-order valence-electron chi connectivity index (χ3n) is 3.91. The van der Waals surface area contributed by atoms with Crippen LogP contribution in [0.5, 0.6) is 0 Å². The highest BCUT2D eigenvalue weighted by Crippen LogP contribution is 2.32. The molecule has 27 heavy (non-hydrogen) atoms. The van der Waals surface area contributed by atoms with Crippen LogP contribution in [-0.4, -0.2) is 16.7 Å². The van der Waals surface area contributed by atoms with Crippen molar-refractivity contribution in [3.8, 4) is 0 Å². The summed E-state index contributed by atoms with van der Waals surface area (Å²) in [4.78, 5) is 18.6. The Labute approximate surface area is 170 Å². The van der Waals surface area contributed by atoms with E-state index in [0.29, 0.717) is 21.2 Å². The molecule has 1 amide bonds. The van der Waals surface area contributed by atoms with Crippen LogP contribution < -0.4 is 4.90 Å². The average Bonchev–Trinajstić information content (AvgIpc) is 2.62. The number of amides is 1. The van der Waals surface area contributed by atoms with E-state index < -0.39 is 17.5 Å². The highest BCUT2D eigenvalue weighted by Gasteiger charge is 2.29. The smallest absolute Gasteiger partial charge is 0.416 e. The maximum Gasteiger partial charge on any atom is 0.416 e. The predicted octanol–water partition coefficient (Wildman–Crippen LogP) is 5.61. The third kappa shape index (κ3) is 4.59. The minimum absolute atomic E-state index is 0.0434. The lowest BCUT2D eigenvalue weighted by Crippen LogP contribution is -2.38. The largest absolute Gasteiger partial charge is 0.443 e. The Morgan fingerprint density at radius 1 is 1.33 bits per heavy atom. The van der Waals surface area contributed by atoms with E-state index in [1.54, 1.807) is 39.0 Å². The van der Waals surface area contributed by atoms with Crippen LogP contribution in [0.25, 0.3) is 0 Å². The lowest BCUT2D eigenvalue weighted by Gasteiger charge is -2.28. The van der Waals surface area contributed by atoms with E-state index in [0.717, 1.165) is 0 Å². The monoisotopic (exact) mass is 456 g/mol. The topological polar surface area (TPSA) is 51.7 Å². The predicted molar refractivity (Wildman–Crippen MR) is 104 cm³/mol. The van der Waals surface area contributed by atoms with Crippen LogP contribution in [0.2, 0.25) is 5.15 Å². The molecule has 0 saturated carbocycles. The number of rotatable bonds is 0. The van der Waals surface area contributed by atoms with Crippen molar-refractivity contribution in [1.29, 1.82) is 0 Å². The van der Waals surface area contributed by atoms with E-state index in [-0.39, 0.29) is 30.7 Å². The number of nitrogens with zero attached hydrogens (tertiary/aromatic N) is 2. The Morgan fingerprint density at radius 3 is 2.74 bits per heavy atom. The van der Waals surface area contributed by atoms with Gasteiger partial charge in [0.25, 0.3) is 0 Å². The summed E-state index contributed by atoms with van der Waals surface area (Å²) in [5.74, 6) is -0.134. The molecule has 0 saturated heterocycles. The molecule has 3 rings (SSSR count). The number of carbonyl (C=O) groups excluding carboxylic acids is 1. The van der Waals surface area contributed by atoms with Gasteiger partial charge in [0.2, 0.25) is 0 Å². The summed E-state index contributed by atoms with van der Waals surface area (Å²) in [6, 6.07) is 6.49. The summed E-state index contributed by atoms with van der Waals surface area (Å²) >= 11 is 9.50. The molecule has 0 N–H and O–H groups in total. The van der Waals surface area contributed by atoms with Crippen LogP contribution in [0.1, 0.15) is 37.5 Å². The Kier molecular flexibility index (Phi) is 5.74. The van der Waals surface area contributed by atoms with Gasteiger partial charge in [-0.3, -0.25) is 4.90 Å². The fraction of sp³-hybridized carbons (Fsp3) is 0.368. The first-order valence-electron chi connectivity index (χ1n) is 8.35. The molecule has 0 fully saturated rings. The summed E-state index contributed by atoms with van der Waals surface area (Å²) in [5.41, 5.74) is 0.951. The Balaban J connectivity index is 2.14. The van der Waals surface area contributed by atoms with Gasteiger partial charge in [-0.15, -0.1) is 0 Å². The molecule has 1 aliphatic heterocycles. The molecule has 8 heteroatoms. The number of aromatic nitrogens is 1. The van der Waals surface area contributed by atoms with Gasteiger partial charge in [-0.25, -0.2) is 14.2 Å². The Morgan fingerprint density at radius 2 is 2.04 bits per heavy atom. The second-order valence-corrected chi connectivity index (χ2v) is 8.39. The van der Waals surface area contributed by atoms with Gasteiger partial charge < -0.3 is 9.47 Å². The zero-order valence-electron chi connectivity index (χ0n) is 15.2. The molecule has 0 radical (unpaired) electrons. The van der Waals surface area contributed by atoms with Crippen molar-refractivity contribution in [1.82, 2.24) is 4.98 Å². The van der Waals surface area contributed by atoms with Crippen molar-refractivity contribution in [2.45, 2.75) is 46.1 Å². The van der Waals surface area contributed by atoms with E-state index >= 15 is 0 Å². The zero-order valence-corrected chi connectivity index (χ0v) is 17.5. The summed E-state index contributed by atoms with van der Waals surface area (Å²) in [5, 5.41) is 0.190. The molecular formula is C19H19BrClFN2O3. The fourth-order valence-corrected chi connectivity index (χ4v) is 3.22. The quantitative estimate of drug-likeness (QED) is 0.483. The van der Waals surface area contributed by atoms with Crippen molar-refractivity contribution in [3.05, 3.63) is 56.4 Å². The standard InChI is InChI=1S/C19H19BrClFN2O3/c1-19(2,3)27-18(25)24-8-13-11(5-4-6-15(13)22)9-26-10-12-7-14(20)16(21)23-17(12)24/h4-7H,8-10H2,1-3H3. The van der Waals surface area contributed by atoms with Crippen molar-refractivity contribution >= 4 is 39.4 Å². The molecule has 0 atom stereocenters. The second kappa shape index (κ2) is 7.73. The molecule has 1 aliphatic rings. The number of carbonyl (C=O) groups is 1. The number of halogens is 3. The Hall–Kier alpha value is -1.70. The van der Waals surface area contributed by atoms with Gasteiger partial charge in [0.05, 0.1) is 24.2 Å². The highest BCUT2D eigenvalue weighted by molar-refractivity contribution is 9.10. The Bertz CT molecular complexity index is 886. The first-order valence-corrected chi connectivity index (χ1v) is 9.52. The number of benzene rings is 1. The van der Waals surface area contributed by atoms with E-state index in [4.69, 9.17) is 21.1 Å². The average molecular weight is 458 g/mol. The number of ether oxygens (including phenoxy) is 2. The molecule has 1 aromatic carbocycles. The van der Waals surface area contributed by atoms with E-state index in [1.807, 2.05) is 0 Å². The summed E-state index contributed by atoms with van der Waals surface area (Å²) < 4.78 is 26.4. The molecule has 0 bridgehead atoms. The van der Waals surface area contributed by atoms with Crippen LogP contribution in [-0.2, 0) is 29.2 Å². The van der Waals surface area contributed by atoms with E-state index in [2.05, 4.69) is 20.9 Å². The second-order valence-electron chi connectivity index (χ2n) is 7.18. The van der Waals surface area contributed by atoms with Crippen molar-refractivity contribution in [2.75, 3.05) is 4.90 Å². The summed E-state index contributed by atoms with van der Waals surface area (Å²) in [6.45, 7) is 5.66. The number of hydrogen-bond donors (Lipinski definition) is 0. The van der Waals surface area contributed by atoms with Crippen molar-refractivity contribution in [3.63, 3.8) is 0 Å². The highest BCUT2D eigenvalue weighted by atomic mass is 79.9. The van der Waals surface area contributed by atoms with Crippen LogP contribution in [0.4, 0.5) is 15.0 Å². The molecule has 0 spiro atoms. The molecule has 1 aromatic heterocycles. The number of pyridine rings is 1. The van der Waals surface area contributed by atoms with Crippen LogP contribution in [0, 0.1) is 5.82 Å². The summed E-state index contributed by atoms with van der Waals surface area (Å²) in [7, 11) is 0. The minimum Gasteiger partial charge on any atom is -0.443 e. The molecule has 0 aliphatic carbocycles. The fourth-order valence-electron chi connectivity index (χ4n) is 2.72. The van der Waals surface area contributed by atoms with Gasteiger partial charge in [0.1, 0.15) is 22.4 Å². The van der Waals surface area contributed by atoms with Crippen LogP contribution in [0.15, 0.2) is 28.7 Å². The maximum atomic E-state index is 14.5. The maximum absolute atomic E-state index is 14.5. The first kappa shape index (κ1) is 20.0. The van der Waals surface area contributed by atoms with Gasteiger partial charge >= 0.3 is 6.09 Å². The number of anilines is 1. The lowest BCUT2D eigenvalue weighted by molar-refractivity contribution is 0.0575. The first-order chi connectivity index (χ1) is 12.7. The van der Waals surface area contributed by atoms with Gasteiger partial charge in [-0.05, 0) is 54.4 Å². The molecular weight excluding hydrogens is 439 g/mol. The SMILES string of the molecule is CC(C)(C)OC(=O)N1Cc2c(F)cccc2COCc2cc(Br)c(Cl)nc21. The molecule has 2 aromatic rings. The van der Waals surface area contributed by atoms with E-state index in [9.17, 15) is 9.18 Å². The van der Waals surface area contributed by atoms with Gasteiger partial charge in [-0.2, -0.15) is 0 Å². The molecule has 0 unspecified atom stereocenters. The molecule has 5 nitrogen and oxygen atoms in total. The summed E-state index contributed by atoms with van der Waals surface area (Å²) in [6.07, 6.45) is -0.634. The van der Waals surface area contributed by atoms with Crippen LogP contribution >= 0.6 is 27.5 Å². The number of hydrogen-bond acceptors (Lipinski definition) is 4. The normalized spacial score (nSPS) is 14.5. The molecule has 144 valence electrons. The zero-order chi connectivity index (χ0) is 19.8. The molecule has 2 heterocycles. The van der Waals surface area contributed by atoms with E-state index in [1.165, 1.54) is 11.0 Å². The number of fused-ring (bicyclic) bond motifs is 2. The van der Waals surface area contributed by atoms with Crippen molar-refractivity contribution < 1.29 is 18.7 Å². The third-order valence-corrected chi connectivity index (χ3v) is 5.03. The van der Waals surface area contributed by atoms with Crippen molar-refractivity contribution in [2.24, 2.45) is 0 Å². The van der Waals surface area contributed by atoms with Crippen LogP contribution in [0.3, 0.4) is 0 Å².